The molecule has 1 aromatic rings. The summed E-state index contributed by atoms with van der Waals surface area (Å²) < 4.78 is 0. The number of hydrogen-bond donors (Lipinski definition) is 1. The van der Waals surface area contributed by atoms with Crippen molar-refractivity contribution in [3.63, 3.8) is 0 Å². The Morgan fingerprint density at radius 2 is 2.08 bits per heavy atom. The van der Waals surface area contributed by atoms with Gasteiger partial charge in [0.25, 0.3) is 0 Å². The number of hydrogen-bond acceptors (Lipinski definition) is 1. The normalized spacial score (nSPS) is 15.0. The first kappa shape index (κ1) is 10.2. The largest absolute Gasteiger partial charge is 0.657 e. The van der Waals surface area contributed by atoms with Gasteiger partial charge in [-0.3, -0.25) is 0 Å². The molecule has 2 nitrogen and oxygen atoms in total. The third-order valence-electron chi connectivity index (χ3n) is 1.88. The van der Waals surface area contributed by atoms with Gasteiger partial charge in [-0.15, -0.1) is 13.1 Å². The smallest absolute Gasteiger partial charge is 0.0354 e. The van der Waals surface area contributed by atoms with Crippen LogP contribution in [0.25, 0.3) is 5.32 Å². The minimum absolute atomic E-state index is 0. The predicted molar refractivity (Wildman–Crippen MR) is 46.9 cm³/mol. The van der Waals surface area contributed by atoms with Crippen LogP contribution in [-0.4, -0.2) is 13.1 Å². The molecule has 1 aliphatic heterocycles. The molecule has 1 radical (unpaired) electrons. The summed E-state index contributed by atoms with van der Waals surface area (Å²) in [5.41, 5.74) is 2.55. The fourth-order valence-electron chi connectivity index (χ4n) is 1.30. The number of para-hydroxylation sites is 1. The summed E-state index contributed by atoms with van der Waals surface area (Å²) in [5.74, 6) is 0. The Kier molecular flexibility index (Phi) is 4.20. The predicted octanol–water partition coefficient (Wildman–Crippen LogP) is 1.98. The molecule has 61 valence electrons. The van der Waals surface area contributed by atoms with E-state index in [4.69, 9.17) is 0 Å². The molecule has 1 aliphatic rings. The fraction of sp³-hybridized carbons (Fsp3) is 0.333. The average Bonchev–Trinajstić information content (AvgIpc) is 2.28. The molecule has 3 heteroatoms. The molecule has 0 bridgehead atoms. The van der Waals surface area contributed by atoms with Crippen LogP contribution in [-0.2, 0) is 39.3 Å². The number of benzene rings is 1. The van der Waals surface area contributed by atoms with Crippen molar-refractivity contribution in [1.82, 2.24) is 0 Å². The Hall–Kier alpha value is 0.0839. The van der Waals surface area contributed by atoms with Gasteiger partial charge < -0.3 is 10.6 Å². The minimum atomic E-state index is 0. The zero-order valence-corrected chi connectivity index (χ0v) is 9.79. The summed E-state index contributed by atoms with van der Waals surface area (Å²) in [5, 5.41) is 7.68. The van der Waals surface area contributed by atoms with Crippen molar-refractivity contribution in [3.8, 4) is 0 Å². The topological polar surface area (TPSA) is 26.1 Å². The third kappa shape index (κ3) is 2.28. The van der Waals surface area contributed by atoms with Gasteiger partial charge in [-0.25, -0.2) is 0 Å². The summed E-state index contributed by atoms with van der Waals surface area (Å²) in [4.78, 5) is 0. The molecule has 0 unspecified atom stereocenters. The van der Waals surface area contributed by atoms with Gasteiger partial charge in [-0.2, -0.15) is 0 Å². The zero-order valence-electron chi connectivity index (χ0n) is 6.96. The molecule has 12 heavy (non-hydrogen) atoms. The Morgan fingerprint density at radius 1 is 1.25 bits per heavy atom. The van der Waals surface area contributed by atoms with Gasteiger partial charge >= 0.3 is 0 Å². The molecule has 0 saturated carbocycles. The summed E-state index contributed by atoms with van der Waals surface area (Å²) in [6.45, 7) is 2.76. The maximum absolute atomic E-state index is 4.35. The van der Waals surface area contributed by atoms with Crippen LogP contribution in [0.5, 0.6) is 0 Å². The van der Waals surface area contributed by atoms with Crippen molar-refractivity contribution in [1.29, 1.82) is 0 Å². The molecule has 1 heterocycles. The standard InChI is InChI=1S/C9H11N2.Y/c1-2-4-9-8(3-1)7-10-5-6-11-9;/h1-4,11H,5-7H2;/q-1;. The average molecular weight is 236 g/mol. The van der Waals surface area contributed by atoms with Crippen LogP contribution < -0.4 is 5.32 Å². The molecule has 1 aromatic carbocycles. The third-order valence-corrected chi connectivity index (χ3v) is 1.88. The maximum Gasteiger partial charge on any atom is 0.0354 e. The van der Waals surface area contributed by atoms with Gasteiger partial charge in [0.05, 0.1) is 0 Å². The Labute approximate surface area is 98.0 Å². The van der Waals surface area contributed by atoms with E-state index in [2.05, 4.69) is 34.9 Å². The summed E-state index contributed by atoms with van der Waals surface area (Å²) >= 11 is 0. The van der Waals surface area contributed by atoms with E-state index in [1.165, 1.54) is 11.3 Å². The van der Waals surface area contributed by atoms with Crippen molar-refractivity contribution in [2.45, 2.75) is 6.54 Å². The van der Waals surface area contributed by atoms with Gasteiger partial charge in [0, 0.05) is 38.4 Å². The molecule has 0 fully saturated rings. The summed E-state index contributed by atoms with van der Waals surface area (Å²) in [6, 6.07) is 8.34. The van der Waals surface area contributed by atoms with E-state index in [1.54, 1.807) is 0 Å². The number of rotatable bonds is 0. The SMILES string of the molecule is [Y].c1ccc2c(c1)C[N-]CCN2. The molecule has 0 atom stereocenters. The van der Waals surface area contributed by atoms with Crippen LogP contribution in [0.1, 0.15) is 5.56 Å². The molecular weight excluding hydrogens is 225 g/mol. The van der Waals surface area contributed by atoms with Crippen molar-refractivity contribution in [3.05, 3.63) is 35.1 Å². The number of nitrogens with zero attached hydrogens (tertiary/aromatic N) is 1. The second kappa shape index (κ2) is 4.95. The van der Waals surface area contributed by atoms with Crippen molar-refractivity contribution in [2.75, 3.05) is 18.4 Å². The van der Waals surface area contributed by atoms with Crippen LogP contribution >= 0.6 is 0 Å². The fourth-order valence-corrected chi connectivity index (χ4v) is 1.30. The molecule has 2 rings (SSSR count). The molecular formula is C9H11N2Y-. The summed E-state index contributed by atoms with van der Waals surface area (Å²) in [7, 11) is 0. The second-order valence-electron chi connectivity index (χ2n) is 2.69. The van der Waals surface area contributed by atoms with Crippen LogP contribution in [0.15, 0.2) is 24.3 Å². The Balaban J connectivity index is 0.000000720. The van der Waals surface area contributed by atoms with E-state index in [9.17, 15) is 0 Å². The minimum Gasteiger partial charge on any atom is -0.657 e. The van der Waals surface area contributed by atoms with E-state index in [1.807, 2.05) is 0 Å². The van der Waals surface area contributed by atoms with Crippen LogP contribution in [0.4, 0.5) is 5.69 Å². The molecule has 1 N–H and O–H groups in total. The monoisotopic (exact) mass is 236 g/mol. The molecule has 0 aromatic heterocycles. The van der Waals surface area contributed by atoms with E-state index in [-0.39, 0.29) is 32.7 Å². The van der Waals surface area contributed by atoms with Gasteiger partial charge in [0.2, 0.25) is 0 Å². The van der Waals surface area contributed by atoms with Gasteiger partial charge in [0.15, 0.2) is 0 Å². The maximum atomic E-state index is 4.35. The van der Waals surface area contributed by atoms with Crippen molar-refractivity contribution in [2.24, 2.45) is 0 Å². The summed E-state index contributed by atoms with van der Waals surface area (Å²) in [6.07, 6.45) is 0. The molecule has 0 spiro atoms. The Morgan fingerprint density at radius 3 is 3.00 bits per heavy atom. The molecule has 0 aliphatic carbocycles. The first-order chi connectivity index (χ1) is 5.47. The number of nitrogens with one attached hydrogen (secondary N) is 1. The van der Waals surface area contributed by atoms with Gasteiger partial charge in [-0.05, 0) is 18.2 Å². The van der Waals surface area contributed by atoms with Crippen LogP contribution in [0.2, 0.25) is 0 Å². The van der Waals surface area contributed by atoms with Gasteiger partial charge in [0.1, 0.15) is 0 Å². The second-order valence-corrected chi connectivity index (χ2v) is 2.69. The van der Waals surface area contributed by atoms with Crippen molar-refractivity contribution >= 4 is 5.69 Å². The number of anilines is 1. The zero-order chi connectivity index (χ0) is 7.52. The van der Waals surface area contributed by atoms with E-state index < -0.39 is 0 Å². The first-order valence-electron chi connectivity index (χ1n) is 3.92. The molecule has 0 amide bonds. The van der Waals surface area contributed by atoms with Crippen LogP contribution in [0.3, 0.4) is 0 Å². The van der Waals surface area contributed by atoms with E-state index in [0.29, 0.717) is 0 Å². The Bertz CT molecular complexity index is 225. The van der Waals surface area contributed by atoms with Gasteiger partial charge in [-0.1, -0.05) is 18.2 Å². The van der Waals surface area contributed by atoms with Crippen LogP contribution in [0, 0.1) is 0 Å². The molecule has 0 saturated heterocycles. The quantitative estimate of drug-likeness (QED) is 0.732. The first-order valence-corrected chi connectivity index (χ1v) is 3.92. The van der Waals surface area contributed by atoms with Crippen molar-refractivity contribution < 1.29 is 32.7 Å². The van der Waals surface area contributed by atoms with E-state index in [0.717, 1.165) is 19.6 Å². The van der Waals surface area contributed by atoms with E-state index >= 15 is 0 Å². The number of fused-ring (bicyclic) bond motifs is 1.